The van der Waals surface area contributed by atoms with E-state index in [-0.39, 0.29) is 0 Å². The Hall–Kier alpha value is -0.670. The van der Waals surface area contributed by atoms with Gasteiger partial charge in [0.25, 0.3) is 0 Å². The summed E-state index contributed by atoms with van der Waals surface area (Å²) in [4.78, 5) is 2.56. The second-order valence-corrected chi connectivity index (χ2v) is 6.36. The van der Waals surface area contributed by atoms with Gasteiger partial charge in [0.05, 0.1) is 0 Å². The van der Waals surface area contributed by atoms with E-state index in [1.807, 2.05) is 0 Å². The van der Waals surface area contributed by atoms with Gasteiger partial charge in [-0.05, 0) is 36.1 Å². The monoisotopic (exact) mass is 262 g/mol. The van der Waals surface area contributed by atoms with Gasteiger partial charge >= 0.3 is 0 Å². The molecule has 1 N–H and O–H groups in total. The highest BCUT2D eigenvalue weighted by Gasteiger charge is 2.21. The standard InChI is InChI=1S/C15H22N2S/c1-2-6-15(17-9-7-16-8-10-17)14(5-1)13-4-3-11-18-12-13/h1-2,5-6,13,16H,3-4,7-12H2. The van der Waals surface area contributed by atoms with E-state index in [2.05, 4.69) is 46.2 Å². The highest BCUT2D eigenvalue weighted by Crippen LogP contribution is 2.36. The van der Waals surface area contributed by atoms with Crippen molar-refractivity contribution in [1.29, 1.82) is 0 Å². The fourth-order valence-corrected chi connectivity index (χ4v) is 4.18. The molecule has 1 aromatic carbocycles. The summed E-state index contributed by atoms with van der Waals surface area (Å²) >= 11 is 2.12. The third kappa shape index (κ3) is 2.67. The van der Waals surface area contributed by atoms with Crippen LogP contribution in [0.2, 0.25) is 0 Å². The molecule has 3 rings (SSSR count). The van der Waals surface area contributed by atoms with Crippen LogP contribution in [0.4, 0.5) is 5.69 Å². The minimum absolute atomic E-state index is 0.773. The Morgan fingerprint density at radius 1 is 1.17 bits per heavy atom. The van der Waals surface area contributed by atoms with Gasteiger partial charge in [-0.25, -0.2) is 0 Å². The molecule has 0 saturated carbocycles. The van der Waals surface area contributed by atoms with Crippen molar-refractivity contribution in [2.75, 3.05) is 42.6 Å². The van der Waals surface area contributed by atoms with E-state index < -0.39 is 0 Å². The van der Waals surface area contributed by atoms with E-state index in [4.69, 9.17) is 0 Å². The van der Waals surface area contributed by atoms with Gasteiger partial charge in [-0.1, -0.05) is 18.2 Å². The molecule has 98 valence electrons. The molecule has 3 heteroatoms. The molecule has 0 spiro atoms. The van der Waals surface area contributed by atoms with Crippen molar-refractivity contribution in [2.45, 2.75) is 18.8 Å². The zero-order chi connectivity index (χ0) is 12.2. The van der Waals surface area contributed by atoms with Crippen LogP contribution < -0.4 is 10.2 Å². The predicted molar refractivity (Wildman–Crippen MR) is 80.8 cm³/mol. The van der Waals surface area contributed by atoms with Crippen LogP contribution in [0, 0.1) is 0 Å². The summed E-state index contributed by atoms with van der Waals surface area (Å²) in [5, 5.41) is 3.44. The minimum atomic E-state index is 0.773. The zero-order valence-corrected chi connectivity index (χ0v) is 11.7. The van der Waals surface area contributed by atoms with Crippen LogP contribution in [0.3, 0.4) is 0 Å². The van der Waals surface area contributed by atoms with Crippen molar-refractivity contribution >= 4 is 17.4 Å². The number of nitrogens with one attached hydrogen (secondary N) is 1. The molecule has 0 bridgehead atoms. The van der Waals surface area contributed by atoms with Crippen molar-refractivity contribution in [2.24, 2.45) is 0 Å². The van der Waals surface area contributed by atoms with E-state index in [1.165, 1.54) is 30.0 Å². The van der Waals surface area contributed by atoms with Crippen molar-refractivity contribution < 1.29 is 0 Å². The lowest BCUT2D eigenvalue weighted by molar-refractivity contribution is 0.582. The van der Waals surface area contributed by atoms with Crippen LogP contribution in [0.5, 0.6) is 0 Å². The number of thioether (sulfide) groups is 1. The van der Waals surface area contributed by atoms with E-state index in [0.29, 0.717) is 0 Å². The maximum atomic E-state index is 3.44. The van der Waals surface area contributed by atoms with Crippen molar-refractivity contribution in [1.82, 2.24) is 5.32 Å². The van der Waals surface area contributed by atoms with Gasteiger partial charge in [-0.2, -0.15) is 11.8 Å². The lowest BCUT2D eigenvalue weighted by Crippen LogP contribution is -2.44. The van der Waals surface area contributed by atoms with Crippen molar-refractivity contribution in [3.05, 3.63) is 29.8 Å². The molecule has 0 aromatic heterocycles. The molecule has 2 aliphatic rings. The van der Waals surface area contributed by atoms with Gasteiger partial charge in [-0.15, -0.1) is 0 Å². The molecule has 2 saturated heterocycles. The molecule has 1 unspecified atom stereocenters. The number of anilines is 1. The Labute approximate surface area is 114 Å². The molecular weight excluding hydrogens is 240 g/mol. The average molecular weight is 262 g/mol. The van der Waals surface area contributed by atoms with Crippen LogP contribution >= 0.6 is 11.8 Å². The molecule has 0 radical (unpaired) electrons. The molecule has 2 fully saturated rings. The summed E-state index contributed by atoms with van der Waals surface area (Å²) in [5.41, 5.74) is 3.08. The summed E-state index contributed by atoms with van der Waals surface area (Å²) < 4.78 is 0. The lowest BCUT2D eigenvalue weighted by atomic mass is 9.93. The SMILES string of the molecule is c1ccc(N2CCNCC2)c(C2CCCSC2)c1. The summed E-state index contributed by atoms with van der Waals surface area (Å²) in [5.74, 6) is 3.44. The van der Waals surface area contributed by atoms with Gasteiger partial charge in [0, 0.05) is 37.6 Å². The Bertz CT molecular complexity index is 345. The highest BCUT2D eigenvalue weighted by molar-refractivity contribution is 7.99. The molecule has 2 nitrogen and oxygen atoms in total. The fourth-order valence-electron chi connectivity index (χ4n) is 3.01. The fraction of sp³-hybridized carbons (Fsp3) is 0.600. The molecule has 1 aromatic rings. The van der Waals surface area contributed by atoms with Crippen molar-refractivity contribution in [3.8, 4) is 0 Å². The summed E-state index contributed by atoms with van der Waals surface area (Å²) in [6.45, 7) is 4.54. The molecule has 2 heterocycles. The first kappa shape index (κ1) is 12.4. The highest BCUT2D eigenvalue weighted by atomic mass is 32.2. The van der Waals surface area contributed by atoms with Gasteiger partial charge in [0.2, 0.25) is 0 Å². The van der Waals surface area contributed by atoms with Gasteiger partial charge < -0.3 is 10.2 Å². The van der Waals surface area contributed by atoms with Crippen LogP contribution in [0.1, 0.15) is 24.3 Å². The maximum absolute atomic E-state index is 3.44. The van der Waals surface area contributed by atoms with Gasteiger partial charge in [0.1, 0.15) is 0 Å². The van der Waals surface area contributed by atoms with Crippen LogP contribution in [0.25, 0.3) is 0 Å². The molecule has 18 heavy (non-hydrogen) atoms. The number of hydrogen-bond acceptors (Lipinski definition) is 3. The lowest BCUT2D eigenvalue weighted by Gasteiger charge is -2.33. The van der Waals surface area contributed by atoms with E-state index >= 15 is 0 Å². The summed E-state index contributed by atoms with van der Waals surface area (Å²) in [7, 11) is 0. The van der Waals surface area contributed by atoms with E-state index in [0.717, 1.165) is 32.1 Å². The first-order valence-corrected chi connectivity index (χ1v) is 8.23. The molecule has 0 amide bonds. The third-order valence-corrected chi connectivity index (χ3v) is 5.21. The topological polar surface area (TPSA) is 15.3 Å². The summed E-state index contributed by atoms with van der Waals surface area (Å²) in [6.07, 6.45) is 2.75. The first-order valence-electron chi connectivity index (χ1n) is 7.07. The second-order valence-electron chi connectivity index (χ2n) is 5.21. The number of hydrogen-bond donors (Lipinski definition) is 1. The average Bonchev–Trinajstić information content (AvgIpc) is 2.49. The third-order valence-electron chi connectivity index (χ3n) is 3.99. The largest absolute Gasteiger partial charge is 0.369 e. The normalized spacial score (nSPS) is 25.1. The number of nitrogens with zero attached hydrogens (tertiary/aromatic N) is 1. The van der Waals surface area contributed by atoms with Crippen LogP contribution in [-0.4, -0.2) is 37.7 Å². The molecule has 0 aliphatic carbocycles. The van der Waals surface area contributed by atoms with Crippen LogP contribution in [0.15, 0.2) is 24.3 Å². The Balaban J connectivity index is 1.83. The smallest absolute Gasteiger partial charge is 0.0402 e. The molecule has 1 atom stereocenters. The number of benzene rings is 1. The quantitative estimate of drug-likeness (QED) is 0.882. The number of piperazine rings is 1. The zero-order valence-electron chi connectivity index (χ0n) is 10.9. The number of para-hydroxylation sites is 1. The van der Waals surface area contributed by atoms with E-state index in [1.54, 1.807) is 5.56 Å². The Kier molecular flexibility index (Phi) is 4.11. The first-order chi connectivity index (χ1) is 8.95. The predicted octanol–water partition coefficient (Wildman–Crippen LogP) is 2.71. The van der Waals surface area contributed by atoms with Gasteiger partial charge in [-0.3, -0.25) is 0 Å². The molecule has 2 aliphatic heterocycles. The van der Waals surface area contributed by atoms with E-state index in [9.17, 15) is 0 Å². The molecular formula is C15H22N2S. The second kappa shape index (κ2) is 5.98. The Morgan fingerprint density at radius 2 is 2.00 bits per heavy atom. The van der Waals surface area contributed by atoms with Crippen molar-refractivity contribution in [3.63, 3.8) is 0 Å². The maximum Gasteiger partial charge on any atom is 0.0402 e. The number of rotatable bonds is 2. The van der Waals surface area contributed by atoms with Gasteiger partial charge in [0.15, 0.2) is 0 Å². The Morgan fingerprint density at radius 3 is 2.78 bits per heavy atom. The summed E-state index contributed by atoms with van der Waals surface area (Å²) in [6, 6.07) is 9.07. The van der Waals surface area contributed by atoms with Crippen LogP contribution in [-0.2, 0) is 0 Å². The minimum Gasteiger partial charge on any atom is -0.369 e.